The number of pyridine rings is 1. The number of rotatable bonds is 5. The third-order valence-corrected chi connectivity index (χ3v) is 2.68. The van der Waals surface area contributed by atoms with E-state index in [2.05, 4.69) is 4.98 Å². The Hall–Kier alpha value is -1.91. The van der Waals surface area contributed by atoms with Gasteiger partial charge in [-0.2, -0.15) is 0 Å². The quantitative estimate of drug-likeness (QED) is 0.839. The van der Waals surface area contributed by atoms with Crippen LogP contribution in [0.5, 0.6) is 5.75 Å². The zero-order chi connectivity index (χ0) is 12.8. The van der Waals surface area contributed by atoms with Gasteiger partial charge in [-0.15, -0.1) is 0 Å². The molecule has 0 spiro atoms. The number of benzene rings is 1. The maximum Gasteiger partial charge on any atom is 0.137 e. The standard InChI is InChI=1S/C14H16N2O2/c15-8-14(11-5-3-7-16-9-11)18-13-6-2-1-4-12(13)10-17/h1-7,9,14,17H,8,10,15H2. The first-order valence-electron chi connectivity index (χ1n) is 5.80. The third-order valence-electron chi connectivity index (χ3n) is 2.68. The molecule has 1 heterocycles. The highest BCUT2D eigenvalue weighted by molar-refractivity contribution is 5.33. The minimum absolute atomic E-state index is 0.0551. The summed E-state index contributed by atoms with van der Waals surface area (Å²) in [6.45, 7) is 0.298. The summed E-state index contributed by atoms with van der Waals surface area (Å²) in [7, 11) is 0. The van der Waals surface area contributed by atoms with E-state index in [1.807, 2.05) is 36.4 Å². The average Bonchev–Trinajstić information content (AvgIpc) is 2.46. The number of aliphatic hydroxyl groups excluding tert-OH is 1. The fraction of sp³-hybridized carbons (Fsp3) is 0.214. The molecule has 3 N–H and O–H groups in total. The summed E-state index contributed by atoms with van der Waals surface area (Å²) in [5, 5.41) is 9.25. The van der Waals surface area contributed by atoms with Crippen molar-refractivity contribution >= 4 is 0 Å². The molecule has 0 aliphatic heterocycles. The molecule has 0 aliphatic rings. The van der Waals surface area contributed by atoms with Gasteiger partial charge in [-0.1, -0.05) is 24.3 Å². The van der Waals surface area contributed by atoms with Gasteiger partial charge < -0.3 is 15.6 Å². The van der Waals surface area contributed by atoms with Gasteiger partial charge in [0.2, 0.25) is 0 Å². The number of aromatic nitrogens is 1. The molecule has 0 saturated heterocycles. The first kappa shape index (κ1) is 12.5. The number of ether oxygens (including phenoxy) is 1. The van der Waals surface area contributed by atoms with Gasteiger partial charge in [-0.25, -0.2) is 0 Å². The minimum Gasteiger partial charge on any atom is -0.484 e. The van der Waals surface area contributed by atoms with Crippen LogP contribution < -0.4 is 10.5 Å². The van der Waals surface area contributed by atoms with E-state index in [-0.39, 0.29) is 12.7 Å². The average molecular weight is 244 g/mol. The Morgan fingerprint density at radius 3 is 2.72 bits per heavy atom. The molecule has 4 heteroatoms. The second kappa shape index (κ2) is 6.14. The number of aliphatic hydroxyl groups is 1. The summed E-state index contributed by atoms with van der Waals surface area (Å²) >= 11 is 0. The molecule has 18 heavy (non-hydrogen) atoms. The lowest BCUT2D eigenvalue weighted by Gasteiger charge is -2.19. The molecule has 2 aromatic rings. The van der Waals surface area contributed by atoms with E-state index in [9.17, 15) is 5.11 Å². The Kier molecular flexibility index (Phi) is 4.28. The summed E-state index contributed by atoms with van der Waals surface area (Å²) in [5.74, 6) is 0.652. The van der Waals surface area contributed by atoms with Gasteiger partial charge in [0.1, 0.15) is 11.9 Å². The van der Waals surface area contributed by atoms with Crippen LogP contribution in [0.4, 0.5) is 0 Å². The van der Waals surface area contributed by atoms with E-state index in [0.29, 0.717) is 12.3 Å². The van der Waals surface area contributed by atoms with Crippen LogP contribution in [-0.4, -0.2) is 16.6 Å². The van der Waals surface area contributed by atoms with Crippen molar-refractivity contribution in [2.45, 2.75) is 12.7 Å². The zero-order valence-corrected chi connectivity index (χ0v) is 9.99. The number of nitrogens with zero attached hydrogens (tertiary/aromatic N) is 1. The molecule has 94 valence electrons. The van der Waals surface area contributed by atoms with E-state index in [1.165, 1.54) is 0 Å². The fourth-order valence-corrected chi connectivity index (χ4v) is 1.72. The lowest BCUT2D eigenvalue weighted by Crippen LogP contribution is -2.19. The van der Waals surface area contributed by atoms with Gasteiger partial charge in [0.15, 0.2) is 0 Å². The fourth-order valence-electron chi connectivity index (χ4n) is 1.72. The van der Waals surface area contributed by atoms with E-state index >= 15 is 0 Å². The molecule has 0 saturated carbocycles. The van der Waals surface area contributed by atoms with E-state index in [0.717, 1.165) is 11.1 Å². The SMILES string of the molecule is NCC(Oc1ccccc1CO)c1cccnc1. The van der Waals surface area contributed by atoms with Crippen LogP contribution in [0.1, 0.15) is 17.2 Å². The molecule has 4 nitrogen and oxygen atoms in total. The molecule has 0 aliphatic carbocycles. The van der Waals surface area contributed by atoms with E-state index < -0.39 is 0 Å². The second-order valence-electron chi connectivity index (χ2n) is 3.89. The molecule has 1 aromatic heterocycles. The molecule has 1 aromatic carbocycles. The van der Waals surface area contributed by atoms with Gasteiger partial charge in [0.25, 0.3) is 0 Å². The molecule has 1 unspecified atom stereocenters. The van der Waals surface area contributed by atoms with Crippen molar-refractivity contribution in [3.63, 3.8) is 0 Å². The highest BCUT2D eigenvalue weighted by atomic mass is 16.5. The van der Waals surface area contributed by atoms with Gasteiger partial charge in [0.05, 0.1) is 6.61 Å². The Bertz CT molecular complexity index is 488. The van der Waals surface area contributed by atoms with Crippen molar-refractivity contribution in [3.8, 4) is 5.75 Å². The van der Waals surface area contributed by atoms with Crippen LogP contribution in [0.15, 0.2) is 48.8 Å². The van der Waals surface area contributed by atoms with Crippen molar-refractivity contribution in [3.05, 3.63) is 59.9 Å². The lowest BCUT2D eigenvalue weighted by atomic mass is 10.1. The minimum atomic E-state index is -0.258. The molecular formula is C14H16N2O2. The monoisotopic (exact) mass is 244 g/mol. The first-order valence-corrected chi connectivity index (χ1v) is 5.80. The molecule has 1 atom stereocenters. The first-order chi connectivity index (χ1) is 8.85. The predicted molar refractivity (Wildman–Crippen MR) is 69.0 cm³/mol. The Morgan fingerprint density at radius 2 is 2.06 bits per heavy atom. The smallest absolute Gasteiger partial charge is 0.137 e. The van der Waals surface area contributed by atoms with E-state index in [1.54, 1.807) is 12.4 Å². The van der Waals surface area contributed by atoms with Crippen molar-refractivity contribution in [2.75, 3.05) is 6.54 Å². The van der Waals surface area contributed by atoms with Gasteiger partial charge in [-0.05, 0) is 12.1 Å². The second-order valence-corrected chi connectivity index (χ2v) is 3.89. The Morgan fingerprint density at radius 1 is 1.22 bits per heavy atom. The van der Waals surface area contributed by atoms with Crippen LogP contribution in [0.25, 0.3) is 0 Å². The van der Waals surface area contributed by atoms with Gasteiger partial charge >= 0.3 is 0 Å². The molecular weight excluding hydrogens is 228 g/mol. The van der Waals surface area contributed by atoms with E-state index in [4.69, 9.17) is 10.5 Å². The highest BCUT2D eigenvalue weighted by Crippen LogP contribution is 2.24. The number of hydrogen-bond acceptors (Lipinski definition) is 4. The summed E-state index contributed by atoms with van der Waals surface area (Å²) in [4.78, 5) is 4.05. The van der Waals surface area contributed by atoms with Crippen LogP contribution in [-0.2, 0) is 6.61 Å². The summed E-state index contributed by atoms with van der Waals surface area (Å²) in [6.07, 6.45) is 3.18. The Balaban J connectivity index is 2.21. The number of hydrogen-bond donors (Lipinski definition) is 2. The topological polar surface area (TPSA) is 68.4 Å². The van der Waals surface area contributed by atoms with Crippen molar-refractivity contribution in [2.24, 2.45) is 5.73 Å². The third kappa shape index (κ3) is 2.85. The summed E-state index contributed by atoms with van der Waals surface area (Å²) in [6, 6.07) is 11.1. The maximum absolute atomic E-state index is 9.25. The van der Waals surface area contributed by atoms with Crippen LogP contribution >= 0.6 is 0 Å². The van der Waals surface area contributed by atoms with Crippen LogP contribution in [0.3, 0.4) is 0 Å². The van der Waals surface area contributed by atoms with Gasteiger partial charge in [-0.3, -0.25) is 4.98 Å². The highest BCUT2D eigenvalue weighted by Gasteiger charge is 2.13. The molecule has 0 fully saturated rings. The van der Waals surface area contributed by atoms with Crippen molar-refractivity contribution < 1.29 is 9.84 Å². The molecule has 0 bridgehead atoms. The maximum atomic E-state index is 9.25. The van der Waals surface area contributed by atoms with Gasteiger partial charge in [0, 0.05) is 30.1 Å². The number of nitrogens with two attached hydrogens (primary N) is 1. The largest absolute Gasteiger partial charge is 0.484 e. The zero-order valence-electron chi connectivity index (χ0n) is 9.99. The van der Waals surface area contributed by atoms with Crippen LogP contribution in [0.2, 0.25) is 0 Å². The normalized spacial score (nSPS) is 12.1. The Labute approximate surface area is 106 Å². The molecule has 0 amide bonds. The van der Waals surface area contributed by atoms with Crippen molar-refractivity contribution in [1.82, 2.24) is 4.98 Å². The number of para-hydroxylation sites is 1. The predicted octanol–water partition coefficient (Wildman–Crippen LogP) is 1.65. The summed E-state index contributed by atoms with van der Waals surface area (Å²) < 4.78 is 5.85. The summed E-state index contributed by atoms with van der Waals surface area (Å²) in [5.41, 5.74) is 7.40. The molecule has 2 rings (SSSR count). The molecule has 0 radical (unpaired) electrons. The van der Waals surface area contributed by atoms with Crippen molar-refractivity contribution in [1.29, 1.82) is 0 Å². The van der Waals surface area contributed by atoms with Crippen LogP contribution in [0, 0.1) is 0 Å². The lowest BCUT2D eigenvalue weighted by molar-refractivity contribution is 0.202.